The van der Waals surface area contributed by atoms with E-state index in [1.54, 1.807) is 35.6 Å². The Morgan fingerprint density at radius 1 is 1.11 bits per heavy atom. The summed E-state index contributed by atoms with van der Waals surface area (Å²) in [7, 11) is 5.92. The summed E-state index contributed by atoms with van der Waals surface area (Å²) < 4.78 is 20.5. The molecule has 0 saturated carbocycles. The van der Waals surface area contributed by atoms with Crippen molar-refractivity contribution in [2.75, 3.05) is 41.6 Å². The van der Waals surface area contributed by atoms with Crippen LogP contribution in [0.2, 0.25) is 0 Å². The Kier molecular flexibility index (Phi) is 8.21. The molecule has 0 fully saturated rings. The largest absolute Gasteiger partial charge is 0.496 e. The van der Waals surface area contributed by atoms with Crippen molar-refractivity contribution in [2.24, 2.45) is 0 Å². The van der Waals surface area contributed by atoms with Gasteiger partial charge in [-0.2, -0.15) is 0 Å². The first-order chi connectivity index (χ1) is 13.5. The highest BCUT2D eigenvalue weighted by molar-refractivity contribution is 7.09. The van der Waals surface area contributed by atoms with Gasteiger partial charge in [0.2, 0.25) is 0 Å². The lowest BCUT2D eigenvalue weighted by molar-refractivity contribution is 0.0594. The van der Waals surface area contributed by atoms with Crippen LogP contribution < -0.4 is 9.47 Å². The minimum absolute atomic E-state index is 0.224. The zero-order valence-corrected chi connectivity index (χ0v) is 17.2. The summed E-state index contributed by atoms with van der Waals surface area (Å²) in [5.41, 5.74) is 0.566. The maximum Gasteiger partial charge on any atom is 0.357 e. The molecule has 0 unspecified atom stereocenters. The third kappa shape index (κ3) is 5.20. The molecule has 2 aromatic rings. The van der Waals surface area contributed by atoms with Gasteiger partial charge in [0.1, 0.15) is 22.1 Å². The van der Waals surface area contributed by atoms with Gasteiger partial charge < -0.3 is 23.8 Å². The summed E-state index contributed by atoms with van der Waals surface area (Å²) in [4.78, 5) is 30.9. The topological polar surface area (TPSA) is 87.2 Å². The number of aromatic nitrogens is 1. The van der Waals surface area contributed by atoms with Crippen molar-refractivity contribution in [2.45, 2.75) is 13.0 Å². The molecule has 0 spiro atoms. The van der Waals surface area contributed by atoms with Gasteiger partial charge in [0.15, 0.2) is 5.69 Å². The Bertz CT molecular complexity index is 785. The number of thiazole rings is 1. The molecule has 8 nitrogen and oxygen atoms in total. The Morgan fingerprint density at radius 2 is 1.79 bits per heavy atom. The monoisotopic (exact) mass is 408 g/mol. The van der Waals surface area contributed by atoms with E-state index in [2.05, 4.69) is 9.72 Å². The maximum atomic E-state index is 13.3. The zero-order chi connectivity index (χ0) is 20.5. The Balaban J connectivity index is 2.31. The molecule has 2 rings (SSSR count). The van der Waals surface area contributed by atoms with Crippen LogP contribution in [0.25, 0.3) is 0 Å². The molecule has 0 bridgehead atoms. The van der Waals surface area contributed by atoms with Gasteiger partial charge in [0.25, 0.3) is 5.91 Å². The Labute approximate surface area is 168 Å². The van der Waals surface area contributed by atoms with Crippen molar-refractivity contribution >= 4 is 23.2 Å². The zero-order valence-electron chi connectivity index (χ0n) is 16.4. The average Bonchev–Trinajstić information content (AvgIpc) is 3.20. The van der Waals surface area contributed by atoms with E-state index in [9.17, 15) is 9.59 Å². The first-order valence-corrected chi connectivity index (χ1v) is 9.45. The third-order valence-electron chi connectivity index (χ3n) is 3.98. The van der Waals surface area contributed by atoms with E-state index in [1.807, 2.05) is 0 Å². The van der Waals surface area contributed by atoms with Crippen LogP contribution in [-0.2, 0) is 16.0 Å². The van der Waals surface area contributed by atoms with Crippen molar-refractivity contribution in [3.8, 4) is 11.5 Å². The molecule has 0 saturated heterocycles. The van der Waals surface area contributed by atoms with Crippen molar-refractivity contribution < 1.29 is 28.5 Å². The van der Waals surface area contributed by atoms with Crippen molar-refractivity contribution in [1.82, 2.24) is 9.88 Å². The standard InChI is InChI=1S/C19H24N2O6S/c1-24-10-6-9-21(11-16-20-13(12-28-16)19(23)27-4)18(22)17-14(25-2)7-5-8-15(17)26-3/h5,7-8,12H,6,9-11H2,1-4H3. The quantitative estimate of drug-likeness (QED) is 0.441. The van der Waals surface area contributed by atoms with Gasteiger partial charge in [-0.1, -0.05) is 6.07 Å². The molecule has 1 amide bonds. The molecule has 1 aromatic carbocycles. The smallest absolute Gasteiger partial charge is 0.357 e. The fraction of sp³-hybridized carbons (Fsp3) is 0.421. The van der Waals surface area contributed by atoms with E-state index < -0.39 is 5.97 Å². The maximum absolute atomic E-state index is 13.3. The highest BCUT2D eigenvalue weighted by atomic mass is 32.1. The molecule has 152 valence electrons. The van der Waals surface area contributed by atoms with E-state index in [0.29, 0.717) is 41.6 Å². The second kappa shape index (κ2) is 10.6. The number of rotatable bonds is 10. The Morgan fingerprint density at radius 3 is 2.36 bits per heavy atom. The van der Waals surface area contributed by atoms with Gasteiger partial charge in [-0.25, -0.2) is 9.78 Å². The summed E-state index contributed by atoms with van der Waals surface area (Å²) in [6.07, 6.45) is 0.648. The first-order valence-electron chi connectivity index (χ1n) is 8.57. The van der Waals surface area contributed by atoms with Crippen LogP contribution in [0, 0.1) is 0 Å². The van der Waals surface area contributed by atoms with E-state index in [-0.39, 0.29) is 18.1 Å². The molecule has 0 radical (unpaired) electrons. The van der Waals surface area contributed by atoms with Crippen LogP contribution in [0.5, 0.6) is 11.5 Å². The summed E-state index contributed by atoms with van der Waals surface area (Å²) in [5.74, 6) is 0.0948. The van der Waals surface area contributed by atoms with Crippen LogP contribution in [0.15, 0.2) is 23.6 Å². The molecular weight excluding hydrogens is 384 g/mol. The minimum Gasteiger partial charge on any atom is -0.496 e. The number of benzene rings is 1. The van der Waals surface area contributed by atoms with Gasteiger partial charge in [-0.15, -0.1) is 11.3 Å². The lowest BCUT2D eigenvalue weighted by Crippen LogP contribution is -2.32. The number of esters is 1. The molecule has 28 heavy (non-hydrogen) atoms. The highest BCUT2D eigenvalue weighted by Crippen LogP contribution is 2.30. The fourth-order valence-electron chi connectivity index (χ4n) is 2.62. The lowest BCUT2D eigenvalue weighted by Gasteiger charge is -2.23. The van der Waals surface area contributed by atoms with Crippen molar-refractivity contribution in [3.63, 3.8) is 0 Å². The van der Waals surface area contributed by atoms with Crippen LogP contribution >= 0.6 is 11.3 Å². The van der Waals surface area contributed by atoms with Gasteiger partial charge in [-0.3, -0.25) is 4.79 Å². The minimum atomic E-state index is -0.508. The molecule has 9 heteroatoms. The van der Waals surface area contributed by atoms with Crippen molar-refractivity contribution in [3.05, 3.63) is 39.8 Å². The number of hydrogen-bond donors (Lipinski definition) is 0. The van der Waals surface area contributed by atoms with Crippen molar-refractivity contribution in [1.29, 1.82) is 0 Å². The van der Waals surface area contributed by atoms with E-state index >= 15 is 0 Å². The lowest BCUT2D eigenvalue weighted by atomic mass is 10.1. The predicted molar refractivity (Wildman–Crippen MR) is 104 cm³/mol. The number of ether oxygens (including phenoxy) is 4. The molecular formula is C19H24N2O6S. The molecule has 1 heterocycles. The second-order valence-corrected chi connectivity index (χ2v) is 6.67. The third-order valence-corrected chi connectivity index (χ3v) is 4.81. The number of nitrogens with zero attached hydrogens (tertiary/aromatic N) is 2. The van der Waals surface area contributed by atoms with Gasteiger partial charge in [0, 0.05) is 25.6 Å². The highest BCUT2D eigenvalue weighted by Gasteiger charge is 2.25. The van der Waals surface area contributed by atoms with Gasteiger partial charge in [-0.05, 0) is 18.6 Å². The van der Waals surface area contributed by atoms with E-state index in [4.69, 9.17) is 14.2 Å². The van der Waals surface area contributed by atoms with Crippen LogP contribution in [0.3, 0.4) is 0 Å². The number of carbonyl (C=O) groups excluding carboxylic acids is 2. The normalized spacial score (nSPS) is 10.4. The SMILES string of the molecule is COCCCN(Cc1nc(C(=O)OC)cs1)C(=O)c1c(OC)cccc1OC. The molecule has 0 aliphatic carbocycles. The van der Waals surface area contributed by atoms with Gasteiger partial charge >= 0.3 is 5.97 Å². The summed E-state index contributed by atoms with van der Waals surface area (Å²) in [6.45, 7) is 1.20. The predicted octanol–water partition coefficient (Wildman–Crippen LogP) is 2.63. The van der Waals surface area contributed by atoms with Crippen LogP contribution in [0.1, 0.15) is 32.3 Å². The molecule has 0 atom stereocenters. The first kappa shape index (κ1) is 21.6. The van der Waals surface area contributed by atoms with E-state index in [0.717, 1.165) is 0 Å². The van der Waals surface area contributed by atoms with Crippen LogP contribution in [0.4, 0.5) is 0 Å². The fourth-order valence-corrected chi connectivity index (χ4v) is 3.40. The molecule has 0 aliphatic heterocycles. The summed E-state index contributed by atoms with van der Waals surface area (Å²) >= 11 is 1.29. The average molecular weight is 408 g/mol. The van der Waals surface area contributed by atoms with Crippen LogP contribution in [-0.4, -0.2) is 63.4 Å². The van der Waals surface area contributed by atoms with Gasteiger partial charge in [0.05, 0.1) is 27.9 Å². The number of hydrogen-bond acceptors (Lipinski definition) is 8. The number of methoxy groups -OCH3 is 4. The molecule has 0 aliphatic rings. The van der Waals surface area contributed by atoms with E-state index in [1.165, 1.54) is 32.7 Å². The summed E-state index contributed by atoms with van der Waals surface area (Å²) in [6, 6.07) is 5.18. The summed E-state index contributed by atoms with van der Waals surface area (Å²) in [5, 5.41) is 2.24. The molecule has 1 aromatic heterocycles. The molecule has 0 N–H and O–H groups in total. The number of amides is 1. The Hall–Kier alpha value is -2.65. The number of carbonyl (C=O) groups is 2. The second-order valence-electron chi connectivity index (χ2n) is 5.73.